The molecule has 18 heavy (non-hydrogen) atoms. The van der Waals surface area contributed by atoms with E-state index in [1.54, 1.807) is 4.74 Å². The van der Waals surface area contributed by atoms with Gasteiger partial charge in [-0.15, -0.1) is 0 Å². The maximum absolute atomic E-state index is 12.1. The Morgan fingerprint density at radius 3 is 1.44 bits per heavy atom. The van der Waals surface area contributed by atoms with Crippen LogP contribution in [0.25, 0.3) is 0 Å². The average molecular weight is 297 g/mol. The van der Waals surface area contributed by atoms with E-state index in [2.05, 4.69) is 0 Å². The molecule has 0 fully saturated rings. The number of alkyl halides is 9. The van der Waals surface area contributed by atoms with E-state index in [0.717, 1.165) is 0 Å². The first kappa shape index (κ1) is 19.1. The van der Waals surface area contributed by atoms with Crippen molar-refractivity contribution < 1.29 is 54.2 Å². The molecule has 0 saturated carbocycles. The summed E-state index contributed by atoms with van der Waals surface area (Å²) in [7, 11) is 0. The fraction of sp³-hybridized carbons (Fsp3) is 0.800. The number of aliphatic carboxylic acids is 1. The van der Waals surface area contributed by atoms with Crippen molar-refractivity contribution in [1.82, 2.24) is 6.15 Å². The number of halogens is 9. The summed E-state index contributed by atoms with van der Waals surface area (Å²) in [6.07, 6.45) is -19.5. The van der Waals surface area contributed by atoms with Gasteiger partial charge in [-0.3, -0.25) is 0 Å². The van der Waals surface area contributed by atoms with Crippen LogP contribution in [0.5, 0.6) is 0 Å². The van der Waals surface area contributed by atoms with Crippen LogP contribution in [0, 0.1) is 0 Å². The summed E-state index contributed by atoms with van der Waals surface area (Å²) in [5.74, 6) is -10.4. The van der Waals surface area contributed by atoms with Gasteiger partial charge in [-0.05, 0) is 0 Å². The number of hydrogen-bond acceptors (Lipinski definition) is 3. The minimum atomic E-state index is -6.97. The molecule has 0 aliphatic carbocycles. The number of rotatable bonds is 4. The third-order valence-corrected chi connectivity index (χ3v) is 1.23. The first-order valence-corrected chi connectivity index (χ1v) is 3.29. The normalized spacial score (nSPS) is 14.1. The van der Waals surface area contributed by atoms with E-state index in [-0.39, 0.29) is 6.15 Å². The Kier molecular flexibility index (Phi) is 5.09. The maximum Gasteiger partial charge on any atom is 0.462 e. The molecule has 0 amide bonds. The summed E-state index contributed by atoms with van der Waals surface area (Å²) in [4.78, 5) is 9.54. The molecule has 110 valence electrons. The van der Waals surface area contributed by atoms with Crippen LogP contribution < -0.4 is 6.15 Å². The summed E-state index contributed by atoms with van der Waals surface area (Å²) in [5, 5.41) is 7.54. The fourth-order valence-corrected chi connectivity index (χ4v) is 0.434. The zero-order chi connectivity index (χ0) is 14.3. The van der Waals surface area contributed by atoms with E-state index in [4.69, 9.17) is 5.11 Å². The van der Waals surface area contributed by atoms with Gasteiger partial charge in [0.2, 0.25) is 0 Å². The van der Waals surface area contributed by atoms with Crippen molar-refractivity contribution >= 4 is 5.97 Å². The molecule has 13 heteroatoms. The van der Waals surface area contributed by atoms with Crippen LogP contribution in [0.4, 0.5) is 39.5 Å². The molecule has 0 spiro atoms. The summed E-state index contributed by atoms with van der Waals surface area (Å²) >= 11 is 0. The molecular formula is C5H4F9NO3. The maximum atomic E-state index is 12.1. The van der Waals surface area contributed by atoms with Crippen molar-refractivity contribution in [3.8, 4) is 0 Å². The predicted molar refractivity (Wildman–Crippen MR) is 34.6 cm³/mol. The molecule has 0 atom stereocenters. The number of hydrogen-bond donors (Lipinski definition) is 2. The smallest absolute Gasteiger partial charge is 0.462 e. The van der Waals surface area contributed by atoms with E-state index >= 15 is 0 Å². The molecule has 4 N–H and O–H groups in total. The lowest BCUT2D eigenvalue weighted by atomic mass is 10.3. The van der Waals surface area contributed by atoms with Crippen LogP contribution in [0.3, 0.4) is 0 Å². The molecule has 0 aliphatic rings. The molecule has 0 aromatic heterocycles. The summed E-state index contributed by atoms with van der Waals surface area (Å²) in [6, 6.07) is 0. The Hall–Kier alpha value is -1.24. The minimum Gasteiger partial charge on any atom is -0.475 e. The number of carboxylic acids is 1. The fourth-order valence-electron chi connectivity index (χ4n) is 0.434. The van der Waals surface area contributed by atoms with Crippen molar-refractivity contribution in [3.05, 3.63) is 0 Å². The summed E-state index contributed by atoms with van der Waals surface area (Å²) in [5.41, 5.74) is 0. The topological polar surface area (TPSA) is 81.5 Å². The van der Waals surface area contributed by atoms with Crippen LogP contribution in [-0.4, -0.2) is 35.4 Å². The Bertz CT molecular complexity index is 312. The van der Waals surface area contributed by atoms with E-state index in [1.807, 2.05) is 0 Å². The van der Waals surface area contributed by atoms with E-state index in [1.165, 1.54) is 0 Å². The van der Waals surface area contributed by atoms with E-state index < -0.39 is 30.3 Å². The van der Waals surface area contributed by atoms with Gasteiger partial charge in [-0.25, -0.2) is 9.53 Å². The monoisotopic (exact) mass is 297 g/mol. The molecule has 0 aromatic carbocycles. The van der Waals surface area contributed by atoms with Crippen LogP contribution in [-0.2, 0) is 9.53 Å². The van der Waals surface area contributed by atoms with Crippen LogP contribution in [0.2, 0.25) is 0 Å². The van der Waals surface area contributed by atoms with Crippen LogP contribution in [0.15, 0.2) is 0 Å². The van der Waals surface area contributed by atoms with Gasteiger partial charge in [-0.2, -0.15) is 39.5 Å². The van der Waals surface area contributed by atoms with Gasteiger partial charge in [0.05, 0.1) is 0 Å². The quantitative estimate of drug-likeness (QED) is 0.781. The number of ether oxygens (including phenoxy) is 1. The second kappa shape index (κ2) is 4.79. The highest BCUT2D eigenvalue weighted by Crippen LogP contribution is 2.48. The lowest BCUT2D eigenvalue weighted by molar-refractivity contribution is -0.464. The zero-order valence-corrected chi connectivity index (χ0v) is 7.87. The molecule has 0 unspecified atom stereocenters. The lowest BCUT2D eigenvalue weighted by Crippen LogP contribution is -2.56. The molecule has 0 rings (SSSR count). The van der Waals surface area contributed by atoms with Gasteiger partial charge < -0.3 is 11.3 Å². The SMILES string of the molecule is N.O=C(O)C(F)(F)OC(F)(F)C(F)(F)C(F)(F)F. The Morgan fingerprint density at radius 1 is 0.889 bits per heavy atom. The van der Waals surface area contributed by atoms with Crippen LogP contribution >= 0.6 is 0 Å². The summed E-state index contributed by atoms with van der Waals surface area (Å²) in [6.45, 7) is 0. The van der Waals surface area contributed by atoms with Gasteiger partial charge in [0.15, 0.2) is 0 Å². The highest BCUT2D eigenvalue weighted by atomic mass is 19.4. The average Bonchev–Trinajstić information content (AvgIpc) is 1.98. The molecule has 0 radical (unpaired) electrons. The molecular weight excluding hydrogens is 293 g/mol. The van der Waals surface area contributed by atoms with Gasteiger partial charge in [-0.1, -0.05) is 0 Å². The first-order chi connectivity index (χ1) is 7.15. The second-order valence-corrected chi connectivity index (χ2v) is 2.51. The van der Waals surface area contributed by atoms with Crippen molar-refractivity contribution in [3.63, 3.8) is 0 Å². The van der Waals surface area contributed by atoms with Gasteiger partial charge in [0.1, 0.15) is 0 Å². The van der Waals surface area contributed by atoms with Gasteiger partial charge >= 0.3 is 30.3 Å². The number of carboxylic acid groups (broad SMARTS) is 1. The van der Waals surface area contributed by atoms with E-state index in [9.17, 15) is 44.3 Å². The first-order valence-electron chi connectivity index (χ1n) is 3.29. The molecule has 0 aromatic rings. The van der Waals surface area contributed by atoms with Crippen molar-refractivity contribution in [2.45, 2.75) is 24.3 Å². The number of carbonyl (C=O) groups is 1. The Labute approximate surface area is 91.9 Å². The third kappa shape index (κ3) is 3.38. The van der Waals surface area contributed by atoms with Crippen molar-refractivity contribution in [2.75, 3.05) is 0 Å². The molecule has 0 bridgehead atoms. The highest BCUT2D eigenvalue weighted by molar-refractivity contribution is 5.73. The van der Waals surface area contributed by atoms with Crippen molar-refractivity contribution in [2.24, 2.45) is 0 Å². The molecule has 0 heterocycles. The second-order valence-electron chi connectivity index (χ2n) is 2.51. The zero-order valence-electron chi connectivity index (χ0n) is 7.87. The van der Waals surface area contributed by atoms with E-state index in [0.29, 0.717) is 0 Å². The molecule has 0 aliphatic heterocycles. The molecule has 0 saturated heterocycles. The lowest BCUT2D eigenvalue weighted by Gasteiger charge is -2.29. The Morgan fingerprint density at radius 2 is 1.22 bits per heavy atom. The van der Waals surface area contributed by atoms with Crippen molar-refractivity contribution in [1.29, 1.82) is 0 Å². The molecule has 4 nitrogen and oxygen atoms in total. The van der Waals surface area contributed by atoms with Crippen LogP contribution in [0.1, 0.15) is 0 Å². The van der Waals surface area contributed by atoms with Gasteiger partial charge in [0, 0.05) is 0 Å². The predicted octanol–water partition coefficient (Wildman–Crippen LogP) is 2.63. The third-order valence-electron chi connectivity index (χ3n) is 1.23. The van der Waals surface area contributed by atoms with Gasteiger partial charge in [0.25, 0.3) is 0 Å². The minimum absolute atomic E-state index is 0. The Balaban J connectivity index is 0. The largest absolute Gasteiger partial charge is 0.475 e. The highest BCUT2D eigenvalue weighted by Gasteiger charge is 2.77. The standard InChI is InChI=1S/C5HF9O3.H3N/c6-2(7,1(15)16)17-5(13,14)3(8,9)4(10,11)12;/h(H,15,16);1H3. The summed E-state index contributed by atoms with van der Waals surface area (Å²) < 4.78 is 108.